The van der Waals surface area contributed by atoms with Gasteiger partial charge in [0, 0.05) is 17.3 Å². The Balaban J connectivity index is 1.63. The summed E-state index contributed by atoms with van der Waals surface area (Å²) in [7, 11) is 0. The number of ether oxygens (including phenoxy) is 2. The van der Waals surface area contributed by atoms with Crippen molar-refractivity contribution < 1.29 is 14.3 Å². The van der Waals surface area contributed by atoms with Gasteiger partial charge in [-0.3, -0.25) is 14.6 Å². The molecule has 3 aromatic rings. The van der Waals surface area contributed by atoms with Gasteiger partial charge in [0.2, 0.25) is 12.1 Å². The number of aryl methyl sites for hydroxylation is 2. The largest absolute Gasteiger partial charge is 0.482 e. The van der Waals surface area contributed by atoms with Crippen molar-refractivity contribution in [3.63, 3.8) is 0 Å². The maximum atomic E-state index is 12.9. The van der Waals surface area contributed by atoms with E-state index in [4.69, 9.17) is 9.47 Å². The molecule has 1 aliphatic rings. The van der Waals surface area contributed by atoms with Gasteiger partial charge >= 0.3 is 0 Å². The zero-order chi connectivity index (χ0) is 20.7. The van der Waals surface area contributed by atoms with Gasteiger partial charge < -0.3 is 14.8 Å². The molecular formula is C20H21N5O4. The molecule has 0 aliphatic carbocycles. The fourth-order valence-corrected chi connectivity index (χ4v) is 3.08. The van der Waals surface area contributed by atoms with Crippen LogP contribution in [0.2, 0.25) is 0 Å². The normalized spacial score (nSPS) is 17.8. The van der Waals surface area contributed by atoms with Crippen LogP contribution in [0.25, 0.3) is 5.95 Å². The lowest BCUT2D eigenvalue weighted by atomic mass is 10.1. The molecule has 3 heterocycles. The molecule has 0 radical (unpaired) electrons. The van der Waals surface area contributed by atoms with E-state index in [-0.39, 0.29) is 17.4 Å². The van der Waals surface area contributed by atoms with Crippen LogP contribution >= 0.6 is 0 Å². The summed E-state index contributed by atoms with van der Waals surface area (Å²) in [6.07, 6.45) is -1.33. The quantitative estimate of drug-likeness (QED) is 0.702. The third-order valence-corrected chi connectivity index (χ3v) is 4.77. The van der Waals surface area contributed by atoms with Crippen LogP contribution in [-0.4, -0.2) is 37.9 Å². The SMILES string of the molecule is Cc1cc(NC(=O)C2Oc3ccccc3OC2C)n(-c2nc(C)c(C)c(=O)[nH]2)n1. The predicted molar refractivity (Wildman–Crippen MR) is 106 cm³/mol. The number of amides is 1. The van der Waals surface area contributed by atoms with Crippen molar-refractivity contribution in [2.75, 3.05) is 5.32 Å². The van der Waals surface area contributed by atoms with Crippen molar-refractivity contribution >= 4 is 11.7 Å². The number of aromatic nitrogens is 4. The molecule has 2 N–H and O–H groups in total. The van der Waals surface area contributed by atoms with Crippen LogP contribution in [0.1, 0.15) is 23.9 Å². The Morgan fingerprint density at radius 2 is 1.86 bits per heavy atom. The Labute approximate surface area is 166 Å². The van der Waals surface area contributed by atoms with E-state index in [1.807, 2.05) is 12.1 Å². The Kier molecular flexibility index (Phi) is 4.57. The number of anilines is 1. The fourth-order valence-electron chi connectivity index (χ4n) is 3.08. The Morgan fingerprint density at radius 1 is 1.17 bits per heavy atom. The molecule has 29 heavy (non-hydrogen) atoms. The highest BCUT2D eigenvalue weighted by Crippen LogP contribution is 2.33. The summed E-state index contributed by atoms with van der Waals surface area (Å²) in [6.45, 7) is 6.99. The van der Waals surface area contributed by atoms with E-state index in [0.29, 0.717) is 34.3 Å². The molecule has 9 heteroatoms. The summed E-state index contributed by atoms with van der Waals surface area (Å²) in [5, 5.41) is 7.15. The molecule has 0 bridgehead atoms. The summed E-state index contributed by atoms with van der Waals surface area (Å²) in [5.41, 5.74) is 1.51. The second-order valence-electron chi connectivity index (χ2n) is 6.98. The second kappa shape index (κ2) is 7.08. The van der Waals surface area contributed by atoms with E-state index in [0.717, 1.165) is 0 Å². The van der Waals surface area contributed by atoms with Crippen LogP contribution in [0.4, 0.5) is 5.82 Å². The molecule has 9 nitrogen and oxygen atoms in total. The lowest BCUT2D eigenvalue weighted by Gasteiger charge is -2.30. The van der Waals surface area contributed by atoms with Crippen molar-refractivity contribution in [3.05, 3.63) is 57.6 Å². The maximum absolute atomic E-state index is 12.9. The first kappa shape index (κ1) is 18.7. The molecule has 0 spiro atoms. The Bertz CT molecular complexity index is 1150. The Hall–Kier alpha value is -3.62. The number of para-hydroxylation sites is 2. The zero-order valence-electron chi connectivity index (χ0n) is 16.5. The Morgan fingerprint density at radius 3 is 2.55 bits per heavy atom. The van der Waals surface area contributed by atoms with Crippen molar-refractivity contribution in [1.82, 2.24) is 19.7 Å². The minimum Gasteiger partial charge on any atom is -0.482 e. The van der Waals surface area contributed by atoms with Crippen LogP contribution in [0.5, 0.6) is 11.5 Å². The summed E-state index contributed by atoms with van der Waals surface area (Å²) < 4.78 is 13.0. The summed E-state index contributed by atoms with van der Waals surface area (Å²) in [6, 6.07) is 8.89. The minimum absolute atomic E-state index is 0.223. The van der Waals surface area contributed by atoms with Crippen LogP contribution < -0.4 is 20.3 Å². The van der Waals surface area contributed by atoms with E-state index >= 15 is 0 Å². The van der Waals surface area contributed by atoms with Crippen molar-refractivity contribution in [1.29, 1.82) is 0 Å². The van der Waals surface area contributed by atoms with Gasteiger partial charge in [-0.15, -0.1) is 0 Å². The van der Waals surface area contributed by atoms with Crippen LogP contribution in [0, 0.1) is 20.8 Å². The lowest BCUT2D eigenvalue weighted by molar-refractivity contribution is -0.128. The minimum atomic E-state index is -0.847. The second-order valence-corrected chi connectivity index (χ2v) is 6.98. The standard InChI is InChI=1S/C20H21N5O4/c1-10-9-16(25(24-10)20-21-12(3)11(2)18(26)23-20)22-19(27)17-13(4)28-14-7-5-6-8-15(14)29-17/h5-9,13,17H,1-4H3,(H,22,27)(H,21,23,26). The molecular weight excluding hydrogens is 374 g/mol. The molecule has 1 aliphatic heterocycles. The number of carbonyl (C=O) groups is 1. The average molecular weight is 395 g/mol. The molecule has 2 aromatic heterocycles. The molecule has 150 valence electrons. The predicted octanol–water partition coefficient (Wildman–Crippen LogP) is 2.05. The van der Waals surface area contributed by atoms with Crippen LogP contribution in [0.15, 0.2) is 35.1 Å². The van der Waals surface area contributed by atoms with Gasteiger partial charge in [0.15, 0.2) is 11.5 Å². The van der Waals surface area contributed by atoms with Gasteiger partial charge in [0.05, 0.1) is 5.69 Å². The number of fused-ring (bicyclic) bond motifs is 1. The van der Waals surface area contributed by atoms with Gasteiger partial charge in [-0.25, -0.2) is 4.98 Å². The monoisotopic (exact) mass is 395 g/mol. The summed E-state index contributed by atoms with van der Waals surface area (Å²) >= 11 is 0. The molecule has 1 aromatic carbocycles. The number of hydrogen-bond donors (Lipinski definition) is 2. The number of benzene rings is 1. The van der Waals surface area contributed by atoms with E-state index in [9.17, 15) is 9.59 Å². The molecule has 1 amide bonds. The highest BCUT2D eigenvalue weighted by atomic mass is 16.6. The first-order chi connectivity index (χ1) is 13.8. The number of aromatic amines is 1. The van der Waals surface area contributed by atoms with E-state index in [1.54, 1.807) is 45.9 Å². The van der Waals surface area contributed by atoms with E-state index < -0.39 is 12.2 Å². The van der Waals surface area contributed by atoms with Crippen molar-refractivity contribution in [2.45, 2.75) is 39.9 Å². The van der Waals surface area contributed by atoms with E-state index in [2.05, 4.69) is 20.4 Å². The molecule has 0 saturated heterocycles. The van der Waals surface area contributed by atoms with Gasteiger partial charge in [-0.2, -0.15) is 9.78 Å². The highest BCUT2D eigenvalue weighted by molar-refractivity contribution is 5.94. The van der Waals surface area contributed by atoms with Gasteiger partial charge in [0.1, 0.15) is 11.9 Å². The number of nitrogens with one attached hydrogen (secondary N) is 2. The smallest absolute Gasteiger partial charge is 0.270 e. The number of nitrogens with zero attached hydrogens (tertiary/aromatic N) is 3. The fraction of sp³-hybridized carbons (Fsp3) is 0.300. The maximum Gasteiger partial charge on any atom is 0.270 e. The molecule has 0 fully saturated rings. The number of hydrogen-bond acceptors (Lipinski definition) is 6. The molecule has 4 rings (SSSR count). The van der Waals surface area contributed by atoms with Crippen molar-refractivity contribution in [3.8, 4) is 17.4 Å². The highest BCUT2D eigenvalue weighted by Gasteiger charge is 2.34. The number of H-pyrrole nitrogens is 1. The summed E-state index contributed by atoms with van der Waals surface area (Å²) in [5.74, 6) is 1.31. The molecule has 2 atom stereocenters. The number of carbonyl (C=O) groups excluding carboxylic acids is 1. The lowest BCUT2D eigenvalue weighted by Crippen LogP contribution is -2.46. The topological polar surface area (TPSA) is 111 Å². The first-order valence-corrected chi connectivity index (χ1v) is 9.21. The van der Waals surface area contributed by atoms with Gasteiger partial charge in [0.25, 0.3) is 11.5 Å². The average Bonchev–Trinajstić information content (AvgIpc) is 3.05. The molecule has 0 saturated carbocycles. The van der Waals surface area contributed by atoms with Crippen LogP contribution in [-0.2, 0) is 4.79 Å². The van der Waals surface area contributed by atoms with Crippen molar-refractivity contribution in [2.24, 2.45) is 0 Å². The third-order valence-electron chi connectivity index (χ3n) is 4.77. The first-order valence-electron chi connectivity index (χ1n) is 9.21. The zero-order valence-corrected chi connectivity index (χ0v) is 16.5. The van der Waals surface area contributed by atoms with Crippen LogP contribution in [0.3, 0.4) is 0 Å². The third kappa shape index (κ3) is 3.46. The van der Waals surface area contributed by atoms with E-state index in [1.165, 1.54) is 4.68 Å². The summed E-state index contributed by atoms with van der Waals surface area (Å²) in [4.78, 5) is 32.1. The van der Waals surface area contributed by atoms with Gasteiger partial charge in [-0.1, -0.05) is 12.1 Å². The van der Waals surface area contributed by atoms with Gasteiger partial charge in [-0.05, 0) is 39.8 Å². The number of rotatable bonds is 3. The molecule has 2 unspecified atom stereocenters.